The third-order valence-corrected chi connectivity index (χ3v) is 2.13. The molecule has 0 saturated carbocycles. The lowest BCUT2D eigenvalue weighted by Gasteiger charge is -2.03. The highest BCUT2D eigenvalue weighted by molar-refractivity contribution is 5.01. The molecule has 0 aromatic carbocycles. The first kappa shape index (κ1) is 11.7. The molecule has 12 heavy (non-hydrogen) atoms. The molecule has 0 saturated heterocycles. The van der Waals surface area contributed by atoms with E-state index in [9.17, 15) is 0 Å². The fraction of sp³-hybridized carbons (Fsp3) is 0.818. The van der Waals surface area contributed by atoms with Crippen LogP contribution in [-0.4, -0.2) is 13.6 Å². The summed E-state index contributed by atoms with van der Waals surface area (Å²) in [5.74, 6) is 0. The zero-order valence-electron chi connectivity index (χ0n) is 8.82. The lowest BCUT2D eigenvalue weighted by Crippen LogP contribution is -2.06. The molecule has 0 rings (SSSR count). The molecule has 0 amide bonds. The van der Waals surface area contributed by atoms with Crippen molar-refractivity contribution in [3.8, 4) is 0 Å². The first-order valence-electron chi connectivity index (χ1n) is 5.17. The highest BCUT2D eigenvalue weighted by Crippen LogP contribution is 2.11. The fourth-order valence-corrected chi connectivity index (χ4v) is 1.25. The predicted octanol–water partition coefficient (Wildman–Crippen LogP) is 3.12. The van der Waals surface area contributed by atoms with Gasteiger partial charge in [0.15, 0.2) is 0 Å². The Morgan fingerprint density at radius 3 is 2.58 bits per heavy atom. The SMILES string of the molecule is CCCC/C(=C/CCNC)CC. The maximum atomic E-state index is 3.16. The van der Waals surface area contributed by atoms with Crippen molar-refractivity contribution < 1.29 is 0 Å². The van der Waals surface area contributed by atoms with E-state index in [0.717, 1.165) is 6.54 Å². The Morgan fingerprint density at radius 1 is 1.33 bits per heavy atom. The second-order valence-corrected chi connectivity index (χ2v) is 3.21. The summed E-state index contributed by atoms with van der Waals surface area (Å²) in [4.78, 5) is 0. The molecule has 1 heteroatoms. The maximum absolute atomic E-state index is 3.16. The maximum Gasteiger partial charge on any atom is -0.00172 e. The Hall–Kier alpha value is -0.300. The second-order valence-electron chi connectivity index (χ2n) is 3.21. The van der Waals surface area contributed by atoms with E-state index in [-0.39, 0.29) is 0 Å². The fourth-order valence-electron chi connectivity index (χ4n) is 1.25. The lowest BCUT2D eigenvalue weighted by molar-refractivity contribution is 0.750. The number of hydrogen-bond donors (Lipinski definition) is 1. The third-order valence-electron chi connectivity index (χ3n) is 2.13. The van der Waals surface area contributed by atoms with Crippen molar-refractivity contribution in [3.05, 3.63) is 11.6 Å². The molecule has 0 heterocycles. The van der Waals surface area contributed by atoms with Crippen molar-refractivity contribution in [1.82, 2.24) is 5.32 Å². The van der Waals surface area contributed by atoms with Crippen LogP contribution < -0.4 is 5.32 Å². The van der Waals surface area contributed by atoms with Crippen molar-refractivity contribution in [3.63, 3.8) is 0 Å². The van der Waals surface area contributed by atoms with Gasteiger partial charge in [-0.05, 0) is 39.3 Å². The van der Waals surface area contributed by atoms with Gasteiger partial charge < -0.3 is 5.32 Å². The molecule has 1 nitrogen and oxygen atoms in total. The summed E-state index contributed by atoms with van der Waals surface area (Å²) in [6, 6.07) is 0. The van der Waals surface area contributed by atoms with Crippen LogP contribution in [0.3, 0.4) is 0 Å². The third kappa shape index (κ3) is 6.41. The van der Waals surface area contributed by atoms with Crippen molar-refractivity contribution in [2.24, 2.45) is 0 Å². The molecule has 0 aromatic heterocycles. The van der Waals surface area contributed by atoms with Gasteiger partial charge in [0.25, 0.3) is 0 Å². The van der Waals surface area contributed by atoms with Crippen LogP contribution in [-0.2, 0) is 0 Å². The van der Waals surface area contributed by atoms with Crippen LogP contribution in [0.5, 0.6) is 0 Å². The summed E-state index contributed by atoms with van der Waals surface area (Å²) >= 11 is 0. The number of hydrogen-bond acceptors (Lipinski definition) is 1. The van der Waals surface area contributed by atoms with E-state index in [0.29, 0.717) is 0 Å². The van der Waals surface area contributed by atoms with Crippen LogP contribution in [0.15, 0.2) is 11.6 Å². The standard InChI is InChI=1S/C11H23N/c1-4-6-8-11(5-2)9-7-10-12-3/h9,12H,4-8,10H2,1-3H3/b11-9+. The van der Waals surface area contributed by atoms with Crippen LogP contribution in [0.1, 0.15) is 46.0 Å². The molecule has 0 aliphatic rings. The first-order valence-corrected chi connectivity index (χ1v) is 5.17. The largest absolute Gasteiger partial charge is 0.319 e. The molecule has 0 aliphatic heterocycles. The summed E-state index contributed by atoms with van der Waals surface area (Å²) in [6.45, 7) is 5.61. The highest BCUT2D eigenvalue weighted by atomic mass is 14.8. The highest BCUT2D eigenvalue weighted by Gasteiger charge is 1.92. The van der Waals surface area contributed by atoms with Gasteiger partial charge in [-0.15, -0.1) is 0 Å². The zero-order chi connectivity index (χ0) is 9.23. The second kappa shape index (κ2) is 8.79. The van der Waals surface area contributed by atoms with E-state index in [2.05, 4.69) is 25.2 Å². The van der Waals surface area contributed by atoms with Gasteiger partial charge >= 0.3 is 0 Å². The van der Waals surface area contributed by atoms with Gasteiger partial charge in [0.1, 0.15) is 0 Å². The van der Waals surface area contributed by atoms with Crippen molar-refractivity contribution in [1.29, 1.82) is 0 Å². The summed E-state index contributed by atoms with van der Waals surface area (Å²) in [5, 5.41) is 3.16. The molecule has 72 valence electrons. The van der Waals surface area contributed by atoms with Crippen molar-refractivity contribution in [2.75, 3.05) is 13.6 Å². The molecule has 0 fully saturated rings. The minimum absolute atomic E-state index is 1.11. The number of nitrogens with one attached hydrogen (secondary N) is 1. The Kier molecular flexibility index (Phi) is 8.57. The Morgan fingerprint density at radius 2 is 2.08 bits per heavy atom. The average molecular weight is 169 g/mol. The van der Waals surface area contributed by atoms with E-state index < -0.39 is 0 Å². The van der Waals surface area contributed by atoms with Gasteiger partial charge in [-0.3, -0.25) is 0 Å². The van der Waals surface area contributed by atoms with Crippen LogP contribution in [0.2, 0.25) is 0 Å². The molecule has 0 spiro atoms. The lowest BCUT2D eigenvalue weighted by atomic mass is 10.1. The first-order chi connectivity index (χ1) is 5.85. The van der Waals surface area contributed by atoms with Crippen LogP contribution >= 0.6 is 0 Å². The van der Waals surface area contributed by atoms with E-state index >= 15 is 0 Å². The smallest absolute Gasteiger partial charge is 0.00172 e. The van der Waals surface area contributed by atoms with Gasteiger partial charge in [-0.1, -0.05) is 31.9 Å². The number of unbranched alkanes of at least 4 members (excludes halogenated alkanes) is 1. The van der Waals surface area contributed by atoms with Gasteiger partial charge in [0.2, 0.25) is 0 Å². The zero-order valence-corrected chi connectivity index (χ0v) is 8.82. The Balaban J connectivity index is 3.55. The predicted molar refractivity (Wildman–Crippen MR) is 56.4 cm³/mol. The molecule has 0 bridgehead atoms. The monoisotopic (exact) mass is 169 g/mol. The minimum atomic E-state index is 1.11. The topological polar surface area (TPSA) is 12.0 Å². The van der Waals surface area contributed by atoms with Gasteiger partial charge in [-0.2, -0.15) is 0 Å². The summed E-state index contributed by atoms with van der Waals surface area (Å²) < 4.78 is 0. The summed E-state index contributed by atoms with van der Waals surface area (Å²) in [6.07, 6.45) is 8.76. The molecular formula is C11H23N. The molecule has 0 aromatic rings. The van der Waals surface area contributed by atoms with E-state index in [1.54, 1.807) is 5.57 Å². The molecular weight excluding hydrogens is 146 g/mol. The normalized spacial score (nSPS) is 12.1. The molecule has 1 N–H and O–H groups in total. The average Bonchev–Trinajstić information content (AvgIpc) is 2.11. The van der Waals surface area contributed by atoms with Gasteiger partial charge in [0, 0.05) is 0 Å². The molecule has 0 aliphatic carbocycles. The van der Waals surface area contributed by atoms with E-state index in [1.807, 2.05) is 7.05 Å². The van der Waals surface area contributed by atoms with Crippen LogP contribution in [0, 0.1) is 0 Å². The van der Waals surface area contributed by atoms with Gasteiger partial charge in [0.05, 0.1) is 0 Å². The minimum Gasteiger partial charge on any atom is -0.319 e. The Bertz CT molecular complexity index is 116. The van der Waals surface area contributed by atoms with Crippen molar-refractivity contribution in [2.45, 2.75) is 46.0 Å². The quantitative estimate of drug-likeness (QED) is 0.456. The van der Waals surface area contributed by atoms with Crippen molar-refractivity contribution >= 4 is 0 Å². The Labute approximate surface area is 77.2 Å². The van der Waals surface area contributed by atoms with E-state index in [1.165, 1.54) is 32.1 Å². The molecule has 0 atom stereocenters. The molecule has 0 unspecified atom stereocenters. The van der Waals surface area contributed by atoms with Crippen LogP contribution in [0.25, 0.3) is 0 Å². The molecule has 0 radical (unpaired) electrons. The van der Waals surface area contributed by atoms with Crippen LogP contribution in [0.4, 0.5) is 0 Å². The number of rotatable bonds is 7. The van der Waals surface area contributed by atoms with Gasteiger partial charge in [-0.25, -0.2) is 0 Å². The number of allylic oxidation sites excluding steroid dienone is 1. The summed E-state index contributed by atoms with van der Waals surface area (Å²) in [5.41, 5.74) is 1.63. The van der Waals surface area contributed by atoms with E-state index in [4.69, 9.17) is 0 Å². The summed E-state index contributed by atoms with van der Waals surface area (Å²) in [7, 11) is 2.01.